The summed E-state index contributed by atoms with van der Waals surface area (Å²) in [6, 6.07) is 11.9. The van der Waals surface area contributed by atoms with E-state index in [-0.39, 0.29) is 0 Å². The molecule has 5 heteroatoms. The van der Waals surface area contributed by atoms with Gasteiger partial charge in [-0.05, 0) is 36.4 Å². The van der Waals surface area contributed by atoms with Gasteiger partial charge in [-0.15, -0.1) is 10.2 Å². The van der Waals surface area contributed by atoms with Crippen LogP contribution >= 0.6 is 23.4 Å². The van der Waals surface area contributed by atoms with Crippen LogP contribution in [0.25, 0.3) is 5.65 Å². The zero-order valence-electron chi connectivity index (χ0n) is 11.2. The Hall–Kier alpha value is -1.52. The zero-order chi connectivity index (χ0) is 14.1. The molecule has 1 aromatic carbocycles. The molecule has 0 N–H and O–H groups in total. The Morgan fingerprint density at radius 1 is 1.00 bits per heavy atom. The average Bonchev–Trinajstić information content (AvgIpc) is 2.84. The number of halogens is 1. The monoisotopic (exact) mass is 303 g/mol. The molecule has 0 spiro atoms. The molecule has 0 atom stereocenters. The van der Waals surface area contributed by atoms with E-state index in [1.807, 2.05) is 30.3 Å². The number of nitrogens with zero attached hydrogens (tertiary/aromatic N) is 3. The molecule has 0 aliphatic heterocycles. The van der Waals surface area contributed by atoms with Crippen LogP contribution in [0, 0.1) is 0 Å². The Morgan fingerprint density at radius 2 is 1.70 bits per heavy atom. The van der Waals surface area contributed by atoms with Crippen molar-refractivity contribution >= 4 is 29.0 Å². The third kappa shape index (κ3) is 2.67. The minimum atomic E-state index is 0.348. The third-order valence-corrected chi connectivity index (χ3v) is 4.20. The molecule has 0 unspecified atom stereocenters. The molecule has 0 aliphatic rings. The van der Waals surface area contributed by atoms with E-state index in [4.69, 9.17) is 11.6 Å². The lowest BCUT2D eigenvalue weighted by Gasteiger charge is -2.06. The summed E-state index contributed by atoms with van der Waals surface area (Å²) in [5, 5.41) is 9.18. The molecule has 3 nitrogen and oxygen atoms in total. The molecule has 3 aromatic rings. The van der Waals surface area contributed by atoms with Crippen molar-refractivity contribution in [2.45, 2.75) is 29.6 Å². The number of rotatable bonds is 3. The second kappa shape index (κ2) is 5.46. The molecule has 20 heavy (non-hydrogen) atoms. The summed E-state index contributed by atoms with van der Waals surface area (Å²) in [7, 11) is 0. The van der Waals surface area contributed by atoms with E-state index in [1.165, 1.54) is 0 Å². The van der Waals surface area contributed by atoms with E-state index >= 15 is 0 Å². The molecular weight excluding hydrogens is 290 g/mol. The van der Waals surface area contributed by atoms with Crippen molar-refractivity contribution in [3.05, 3.63) is 53.4 Å². The molecule has 0 radical (unpaired) electrons. The van der Waals surface area contributed by atoms with E-state index in [1.54, 1.807) is 11.8 Å². The van der Waals surface area contributed by atoms with Crippen LogP contribution in [-0.4, -0.2) is 14.6 Å². The van der Waals surface area contributed by atoms with Crippen molar-refractivity contribution < 1.29 is 0 Å². The minimum absolute atomic E-state index is 0.348. The van der Waals surface area contributed by atoms with Crippen molar-refractivity contribution in [3.8, 4) is 0 Å². The largest absolute Gasteiger partial charge is 0.285 e. The smallest absolute Gasteiger partial charge is 0.160 e. The predicted molar refractivity (Wildman–Crippen MR) is 82.7 cm³/mol. The van der Waals surface area contributed by atoms with Gasteiger partial charge in [-0.1, -0.05) is 37.2 Å². The van der Waals surface area contributed by atoms with Gasteiger partial charge in [0.15, 0.2) is 5.65 Å². The minimum Gasteiger partial charge on any atom is -0.285 e. The average molecular weight is 304 g/mol. The van der Waals surface area contributed by atoms with Gasteiger partial charge in [0.1, 0.15) is 5.82 Å². The molecular formula is C15H14ClN3S. The second-order valence-electron chi connectivity index (χ2n) is 4.86. The molecule has 0 saturated carbocycles. The summed E-state index contributed by atoms with van der Waals surface area (Å²) in [6.45, 7) is 4.24. The van der Waals surface area contributed by atoms with Crippen molar-refractivity contribution in [2.75, 3.05) is 0 Å². The first kappa shape index (κ1) is 13.5. The summed E-state index contributed by atoms with van der Waals surface area (Å²) >= 11 is 7.60. The van der Waals surface area contributed by atoms with Crippen LogP contribution < -0.4 is 0 Å². The Labute approximate surface area is 127 Å². The third-order valence-electron chi connectivity index (χ3n) is 2.97. The fourth-order valence-corrected chi connectivity index (χ4v) is 2.95. The van der Waals surface area contributed by atoms with Gasteiger partial charge in [-0.2, -0.15) is 0 Å². The molecule has 0 fully saturated rings. The van der Waals surface area contributed by atoms with Gasteiger partial charge in [0.05, 0.1) is 0 Å². The first-order valence-electron chi connectivity index (χ1n) is 6.41. The summed E-state index contributed by atoms with van der Waals surface area (Å²) in [6.07, 6.45) is 2.09. The molecule has 102 valence electrons. The van der Waals surface area contributed by atoms with Gasteiger partial charge in [0.2, 0.25) is 0 Å². The van der Waals surface area contributed by atoms with E-state index in [9.17, 15) is 0 Å². The summed E-state index contributed by atoms with van der Waals surface area (Å²) in [5.41, 5.74) is 0.883. The standard InChI is InChI=1S/C15H14ClN3S/c1-10(2)15-18-17-14-8-7-13(9-19(14)15)20-12-5-3-11(16)4-6-12/h3-10H,1-2H3. The van der Waals surface area contributed by atoms with E-state index in [2.05, 4.69) is 40.7 Å². The van der Waals surface area contributed by atoms with E-state index in [0.29, 0.717) is 5.92 Å². The van der Waals surface area contributed by atoms with Gasteiger partial charge in [0.25, 0.3) is 0 Å². The maximum atomic E-state index is 5.90. The maximum absolute atomic E-state index is 5.90. The Morgan fingerprint density at radius 3 is 2.40 bits per heavy atom. The quantitative estimate of drug-likeness (QED) is 0.705. The lowest BCUT2D eigenvalue weighted by molar-refractivity contribution is 0.756. The Bertz CT molecular complexity index is 734. The van der Waals surface area contributed by atoms with Crippen LogP contribution in [0.2, 0.25) is 5.02 Å². The highest BCUT2D eigenvalue weighted by Gasteiger charge is 2.09. The van der Waals surface area contributed by atoms with Gasteiger partial charge < -0.3 is 0 Å². The van der Waals surface area contributed by atoms with Crippen molar-refractivity contribution in [3.63, 3.8) is 0 Å². The molecule has 0 aliphatic carbocycles. The topological polar surface area (TPSA) is 30.2 Å². The highest BCUT2D eigenvalue weighted by molar-refractivity contribution is 7.99. The van der Waals surface area contributed by atoms with Crippen LogP contribution in [0.4, 0.5) is 0 Å². The summed E-state index contributed by atoms with van der Waals surface area (Å²) in [5.74, 6) is 1.33. The molecule has 0 bridgehead atoms. The van der Waals surface area contributed by atoms with Crippen LogP contribution in [0.15, 0.2) is 52.4 Å². The van der Waals surface area contributed by atoms with Crippen LogP contribution in [-0.2, 0) is 0 Å². The summed E-state index contributed by atoms with van der Waals surface area (Å²) < 4.78 is 2.06. The van der Waals surface area contributed by atoms with Gasteiger partial charge >= 0.3 is 0 Å². The lowest BCUT2D eigenvalue weighted by atomic mass is 10.2. The summed E-state index contributed by atoms with van der Waals surface area (Å²) in [4.78, 5) is 2.31. The highest BCUT2D eigenvalue weighted by Crippen LogP contribution is 2.29. The van der Waals surface area contributed by atoms with Crippen molar-refractivity contribution in [1.82, 2.24) is 14.6 Å². The fraction of sp³-hybridized carbons (Fsp3) is 0.200. The first-order valence-corrected chi connectivity index (χ1v) is 7.61. The molecule has 2 heterocycles. The Kier molecular flexibility index (Phi) is 3.68. The SMILES string of the molecule is CC(C)c1nnc2ccc(Sc3ccc(Cl)cc3)cn12. The van der Waals surface area contributed by atoms with Gasteiger partial charge in [-0.3, -0.25) is 4.40 Å². The normalized spacial score (nSPS) is 11.4. The van der Waals surface area contributed by atoms with Crippen LogP contribution in [0.3, 0.4) is 0 Å². The maximum Gasteiger partial charge on any atom is 0.160 e. The number of hydrogen-bond donors (Lipinski definition) is 0. The van der Waals surface area contributed by atoms with E-state index < -0.39 is 0 Å². The number of benzene rings is 1. The molecule has 3 rings (SSSR count). The number of hydrogen-bond acceptors (Lipinski definition) is 3. The number of fused-ring (bicyclic) bond motifs is 1. The number of pyridine rings is 1. The molecule has 2 aromatic heterocycles. The van der Waals surface area contributed by atoms with Gasteiger partial charge in [0, 0.05) is 26.9 Å². The van der Waals surface area contributed by atoms with Crippen molar-refractivity contribution in [2.24, 2.45) is 0 Å². The van der Waals surface area contributed by atoms with Gasteiger partial charge in [-0.25, -0.2) is 0 Å². The van der Waals surface area contributed by atoms with Crippen LogP contribution in [0.5, 0.6) is 0 Å². The molecule has 0 amide bonds. The van der Waals surface area contributed by atoms with E-state index in [0.717, 1.165) is 26.3 Å². The molecule has 0 saturated heterocycles. The zero-order valence-corrected chi connectivity index (χ0v) is 12.8. The number of aromatic nitrogens is 3. The second-order valence-corrected chi connectivity index (χ2v) is 6.45. The Balaban J connectivity index is 1.95. The van der Waals surface area contributed by atoms with Crippen molar-refractivity contribution in [1.29, 1.82) is 0 Å². The first-order chi connectivity index (χ1) is 9.63. The van der Waals surface area contributed by atoms with Crippen LogP contribution in [0.1, 0.15) is 25.6 Å². The predicted octanol–water partition coefficient (Wildman–Crippen LogP) is 4.66. The fourth-order valence-electron chi connectivity index (χ4n) is 1.98. The highest BCUT2D eigenvalue weighted by atomic mass is 35.5. The lowest BCUT2D eigenvalue weighted by Crippen LogP contribution is -1.96.